The minimum atomic E-state index is -0.101. The number of ether oxygens (including phenoxy) is 1. The van der Waals surface area contributed by atoms with Crippen molar-refractivity contribution in [1.82, 2.24) is 24.5 Å². The van der Waals surface area contributed by atoms with Crippen molar-refractivity contribution in [2.75, 3.05) is 20.3 Å². The van der Waals surface area contributed by atoms with Gasteiger partial charge in [0, 0.05) is 43.7 Å². The molecule has 1 aromatic carbocycles. The summed E-state index contributed by atoms with van der Waals surface area (Å²) in [5, 5.41) is 12.4. The third-order valence-electron chi connectivity index (χ3n) is 4.58. The first-order valence-corrected chi connectivity index (χ1v) is 8.92. The van der Waals surface area contributed by atoms with Gasteiger partial charge in [-0.3, -0.25) is 9.20 Å². The molecule has 1 N–H and O–H groups in total. The number of nitrogens with zero attached hydrogens (tertiary/aromatic N) is 4. The number of para-hydroxylation sites is 1. The Morgan fingerprint density at radius 2 is 2.00 bits per heavy atom. The van der Waals surface area contributed by atoms with Crippen LogP contribution in [0.2, 0.25) is 0 Å². The van der Waals surface area contributed by atoms with Crippen LogP contribution in [0.5, 0.6) is 0 Å². The van der Waals surface area contributed by atoms with Gasteiger partial charge in [-0.1, -0.05) is 24.3 Å². The second kappa shape index (κ2) is 7.59. The Morgan fingerprint density at radius 1 is 1.15 bits per heavy atom. The van der Waals surface area contributed by atoms with E-state index < -0.39 is 0 Å². The lowest BCUT2D eigenvalue weighted by atomic mass is 10.2. The van der Waals surface area contributed by atoms with Gasteiger partial charge in [0.1, 0.15) is 11.5 Å². The summed E-state index contributed by atoms with van der Waals surface area (Å²) in [5.41, 5.74) is 2.47. The summed E-state index contributed by atoms with van der Waals surface area (Å²) in [7, 11) is 1.66. The fourth-order valence-electron chi connectivity index (χ4n) is 3.26. The van der Waals surface area contributed by atoms with Gasteiger partial charge in [0.25, 0.3) is 5.91 Å². The van der Waals surface area contributed by atoms with Crippen LogP contribution < -0.4 is 5.32 Å². The number of rotatable bonds is 7. The van der Waals surface area contributed by atoms with E-state index in [9.17, 15) is 4.79 Å². The monoisotopic (exact) mass is 363 g/mol. The standard InChI is InChI=1S/C20H21N5O2/c1-27-13-12-24-16-7-3-2-6-15(16)14-17(24)20(26)21-10-9-19-23-22-18-8-4-5-11-25(18)19/h2-8,11,14H,9-10,12-13H2,1H3,(H,21,26). The number of methoxy groups -OCH3 is 1. The van der Waals surface area contributed by atoms with Crippen molar-refractivity contribution < 1.29 is 9.53 Å². The maximum absolute atomic E-state index is 12.8. The van der Waals surface area contributed by atoms with Crippen LogP contribution in [0.4, 0.5) is 0 Å². The van der Waals surface area contributed by atoms with E-state index in [4.69, 9.17) is 4.74 Å². The highest BCUT2D eigenvalue weighted by atomic mass is 16.5. The van der Waals surface area contributed by atoms with Crippen LogP contribution in [-0.4, -0.2) is 45.3 Å². The summed E-state index contributed by atoms with van der Waals surface area (Å²) in [4.78, 5) is 12.8. The molecular formula is C20H21N5O2. The molecule has 0 aliphatic carbocycles. The summed E-state index contributed by atoms with van der Waals surface area (Å²) >= 11 is 0. The average Bonchev–Trinajstić information content (AvgIpc) is 3.28. The second-order valence-corrected chi connectivity index (χ2v) is 6.28. The molecule has 0 aliphatic heterocycles. The van der Waals surface area contributed by atoms with Gasteiger partial charge in [0.15, 0.2) is 5.65 Å². The Labute approximate surface area is 156 Å². The van der Waals surface area contributed by atoms with Crippen molar-refractivity contribution in [3.63, 3.8) is 0 Å². The average molecular weight is 363 g/mol. The normalized spacial score (nSPS) is 11.3. The fraction of sp³-hybridized carbons (Fsp3) is 0.250. The van der Waals surface area contributed by atoms with E-state index in [0.29, 0.717) is 31.8 Å². The number of benzene rings is 1. The molecule has 27 heavy (non-hydrogen) atoms. The summed E-state index contributed by atoms with van der Waals surface area (Å²) in [5.74, 6) is 0.724. The smallest absolute Gasteiger partial charge is 0.267 e. The lowest BCUT2D eigenvalue weighted by Crippen LogP contribution is -2.28. The minimum Gasteiger partial charge on any atom is -0.383 e. The van der Waals surface area contributed by atoms with Gasteiger partial charge in [-0.25, -0.2) is 0 Å². The van der Waals surface area contributed by atoms with Crippen molar-refractivity contribution in [3.05, 3.63) is 66.2 Å². The molecule has 0 fully saturated rings. The molecule has 4 rings (SSSR count). The van der Waals surface area contributed by atoms with E-state index in [0.717, 1.165) is 22.4 Å². The number of hydrogen-bond donors (Lipinski definition) is 1. The molecule has 138 valence electrons. The molecule has 0 saturated carbocycles. The van der Waals surface area contributed by atoms with Gasteiger partial charge >= 0.3 is 0 Å². The lowest BCUT2D eigenvalue weighted by Gasteiger charge is -2.10. The van der Waals surface area contributed by atoms with E-state index in [1.165, 1.54) is 0 Å². The zero-order valence-corrected chi connectivity index (χ0v) is 15.1. The second-order valence-electron chi connectivity index (χ2n) is 6.28. The van der Waals surface area contributed by atoms with Gasteiger partial charge < -0.3 is 14.6 Å². The molecule has 3 aromatic heterocycles. The zero-order chi connectivity index (χ0) is 18.6. The molecule has 0 aliphatic rings. The molecule has 0 radical (unpaired) electrons. The predicted octanol–water partition coefficient (Wildman–Crippen LogP) is 2.30. The van der Waals surface area contributed by atoms with Crippen LogP contribution in [0.15, 0.2) is 54.7 Å². The van der Waals surface area contributed by atoms with E-state index in [1.54, 1.807) is 7.11 Å². The Hall–Kier alpha value is -3.19. The minimum absolute atomic E-state index is 0.101. The molecule has 0 bridgehead atoms. The quantitative estimate of drug-likeness (QED) is 0.547. The Balaban J connectivity index is 1.49. The van der Waals surface area contributed by atoms with Crippen LogP contribution in [0.25, 0.3) is 16.6 Å². The summed E-state index contributed by atoms with van der Waals surface area (Å²) < 4.78 is 9.13. The zero-order valence-electron chi connectivity index (χ0n) is 15.1. The number of hydrogen-bond acceptors (Lipinski definition) is 4. The highest BCUT2D eigenvalue weighted by molar-refractivity contribution is 5.98. The molecule has 3 heterocycles. The number of fused-ring (bicyclic) bond motifs is 2. The van der Waals surface area contributed by atoms with Gasteiger partial charge in [0.05, 0.1) is 6.61 Å². The molecule has 0 saturated heterocycles. The summed E-state index contributed by atoms with van der Waals surface area (Å²) in [6.07, 6.45) is 2.53. The van der Waals surface area contributed by atoms with Crippen molar-refractivity contribution in [2.24, 2.45) is 0 Å². The molecule has 1 amide bonds. The largest absolute Gasteiger partial charge is 0.383 e. The Kier molecular flexibility index (Phi) is 4.84. The molecule has 0 atom stereocenters. The van der Waals surface area contributed by atoms with Crippen LogP contribution >= 0.6 is 0 Å². The number of carbonyl (C=O) groups is 1. The Morgan fingerprint density at radius 3 is 2.89 bits per heavy atom. The predicted molar refractivity (Wildman–Crippen MR) is 103 cm³/mol. The topological polar surface area (TPSA) is 73.4 Å². The van der Waals surface area contributed by atoms with Gasteiger partial charge in [-0.2, -0.15) is 0 Å². The number of pyridine rings is 1. The maximum Gasteiger partial charge on any atom is 0.267 e. The molecule has 7 heteroatoms. The first kappa shape index (κ1) is 17.2. The van der Waals surface area contributed by atoms with Crippen LogP contribution in [0, 0.1) is 0 Å². The van der Waals surface area contributed by atoms with E-state index in [-0.39, 0.29) is 5.91 Å². The van der Waals surface area contributed by atoms with Gasteiger partial charge in [-0.15, -0.1) is 10.2 Å². The highest BCUT2D eigenvalue weighted by Crippen LogP contribution is 2.19. The van der Waals surface area contributed by atoms with Crippen LogP contribution in [0.3, 0.4) is 0 Å². The van der Waals surface area contributed by atoms with Gasteiger partial charge in [0.2, 0.25) is 0 Å². The molecule has 4 aromatic rings. The third kappa shape index (κ3) is 3.41. The SMILES string of the molecule is COCCn1c(C(=O)NCCc2nnc3ccccn23)cc2ccccc21. The summed E-state index contributed by atoms with van der Waals surface area (Å²) in [6.45, 7) is 1.66. The van der Waals surface area contributed by atoms with E-state index in [2.05, 4.69) is 15.5 Å². The number of nitrogens with one attached hydrogen (secondary N) is 1. The lowest BCUT2D eigenvalue weighted by molar-refractivity contribution is 0.0942. The number of aromatic nitrogens is 4. The molecule has 7 nitrogen and oxygen atoms in total. The van der Waals surface area contributed by atoms with E-state index in [1.807, 2.05) is 63.7 Å². The van der Waals surface area contributed by atoms with Crippen LogP contribution in [0.1, 0.15) is 16.3 Å². The van der Waals surface area contributed by atoms with Crippen LogP contribution in [-0.2, 0) is 17.7 Å². The number of amides is 1. The number of carbonyl (C=O) groups excluding carboxylic acids is 1. The molecular weight excluding hydrogens is 342 g/mol. The first-order valence-electron chi connectivity index (χ1n) is 8.92. The fourth-order valence-corrected chi connectivity index (χ4v) is 3.26. The molecule has 0 unspecified atom stereocenters. The summed E-state index contributed by atoms with van der Waals surface area (Å²) in [6, 6.07) is 15.7. The van der Waals surface area contributed by atoms with Crippen molar-refractivity contribution in [2.45, 2.75) is 13.0 Å². The molecule has 0 spiro atoms. The van der Waals surface area contributed by atoms with Crippen molar-refractivity contribution >= 4 is 22.5 Å². The Bertz CT molecular complexity index is 1080. The maximum atomic E-state index is 12.8. The third-order valence-corrected chi connectivity index (χ3v) is 4.58. The van der Waals surface area contributed by atoms with Crippen molar-refractivity contribution in [3.8, 4) is 0 Å². The van der Waals surface area contributed by atoms with Gasteiger partial charge in [-0.05, 0) is 24.3 Å². The van der Waals surface area contributed by atoms with E-state index >= 15 is 0 Å². The van der Waals surface area contributed by atoms with Crippen molar-refractivity contribution in [1.29, 1.82) is 0 Å². The highest BCUT2D eigenvalue weighted by Gasteiger charge is 2.15. The first-order chi connectivity index (χ1) is 13.3.